The zero-order valence-corrected chi connectivity index (χ0v) is 11.2. The van der Waals surface area contributed by atoms with E-state index in [1.807, 2.05) is 6.92 Å². The SMILES string of the molecule is C=C(C(=O)O)C1C/C=C(\C)C[C@@H]2CC(CC1)C(=O)O2. The molecule has 4 nitrogen and oxygen atoms in total. The predicted molar refractivity (Wildman–Crippen MR) is 70.5 cm³/mol. The van der Waals surface area contributed by atoms with Gasteiger partial charge in [0.1, 0.15) is 6.10 Å². The van der Waals surface area contributed by atoms with E-state index in [4.69, 9.17) is 9.84 Å². The molecule has 0 aromatic carbocycles. The normalized spacial score (nSPS) is 34.1. The fourth-order valence-electron chi connectivity index (χ4n) is 2.88. The second kappa shape index (κ2) is 5.59. The molecule has 0 amide bonds. The van der Waals surface area contributed by atoms with Crippen molar-refractivity contribution in [2.45, 2.75) is 45.1 Å². The van der Waals surface area contributed by atoms with Crippen LogP contribution in [-0.4, -0.2) is 23.1 Å². The van der Waals surface area contributed by atoms with Gasteiger partial charge in [0.2, 0.25) is 0 Å². The number of allylic oxidation sites excluding steroid dienone is 1. The maximum atomic E-state index is 11.7. The Morgan fingerprint density at radius 2 is 2.21 bits per heavy atom. The number of carboxylic acids is 1. The van der Waals surface area contributed by atoms with Gasteiger partial charge >= 0.3 is 11.9 Å². The van der Waals surface area contributed by atoms with Crippen LogP contribution >= 0.6 is 0 Å². The Balaban J connectivity index is 2.15. The van der Waals surface area contributed by atoms with Gasteiger partial charge in [-0.05, 0) is 38.5 Å². The van der Waals surface area contributed by atoms with Crippen LogP contribution in [0.2, 0.25) is 0 Å². The second-order valence-electron chi connectivity index (χ2n) is 5.59. The van der Waals surface area contributed by atoms with Crippen molar-refractivity contribution in [2.75, 3.05) is 0 Å². The van der Waals surface area contributed by atoms with Crippen molar-refractivity contribution in [3.8, 4) is 0 Å². The van der Waals surface area contributed by atoms with E-state index in [2.05, 4.69) is 12.7 Å². The molecule has 0 spiro atoms. The summed E-state index contributed by atoms with van der Waals surface area (Å²) in [5.74, 6) is -1.23. The summed E-state index contributed by atoms with van der Waals surface area (Å²) in [6, 6.07) is 0. The molecule has 0 saturated carbocycles. The minimum atomic E-state index is -0.944. The summed E-state index contributed by atoms with van der Waals surface area (Å²) in [5.41, 5.74) is 1.40. The lowest BCUT2D eigenvalue weighted by molar-refractivity contribution is -0.144. The third kappa shape index (κ3) is 3.25. The molecule has 0 aromatic heterocycles. The fraction of sp³-hybridized carbons (Fsp3) is 0.600. The molecule has 1 aliphatic carbocycles. The Morgan fingerprint density at radius 1 is 1.47 bits per heavy atom. The van der Waals surface area contributed by atoms with Crippen LogP contribution in [0, 0.1) is 11.8 Å². The number of aliphatic carboxylic acids is 1. The smallest absolute Gasteiger partial charge is 0.331 e. The summed E-state index contributed by atoms with van der Waals surface area (Å²) >= 11 is 0. The molecule has 104 valence electrons. The zero-order chi connectivity index (χ0) is 14.0. The maximum absolute atomic E-state index is 11.7. The number of hydrogen-bond donors (Lipinski definition) is 1. The van der Waals surface area contributed by atoms with E-state index in [1.54, 1.807) is 0 Å². The van der Waals surface area contributed by atoms with Crippen LogP contribution in [0.3, 0.4) is 0 Å². The van der Waals surface area contributed by atoms with E-state index in [0.717, 1.165) is 18.4 Å². The van der Waals surface area contributed by atoms with Crippen molar-refractivity contribution in [3.63, 3.8) is 0 Å². The van der Waals surface area contributed by atoms with E-state index in [1.165, 1.54) is 0 Å². The first-order valence-corrected chi connectivity index (χ1v) is 6.75. The standard InChI is InChI=1S/C15H20O4/c1-9-3-4-11(10(2)14(16)17)5-6-12-8-13(7-9)19-15(12)18/h3,11-13H,2,4-8H2,1H3,(H,16,17)/b9-3+/t11?,12?,13-/m1/s1. The van der Waals surface area contributed by atoms with Gasteiger partial charge in [-0.25, -0.2) is 4.79 Å². The molecule has 1 aliphatic heterocycles. The number of carbonyl (C=O) groups excluding carboxylic acids is 1. The van der Waals surface area contributed by atoms with Gasteiger partial charge in [-0.2, -0.15) is 0 Å². The molecule has 2 rings (SSSR count). The predicted octanol–water partition coefficient (Wildman–Crippen LogP) is 2.70. The number of fused-ring (bicyclic) bond motifs is 2. The first-order valence-electron chi connectivity index (χ1n) is 6.75. The van der Waals surface area contributed by atoms with E-state index in [9.17, 15) is 9.59 Å². The third-order valence-corrected chi connectivity index (χ3v) is 4.10. The van der Waals surface area contributed by atoms with Crippen LogP contribution in [-0.2, 0) is 14.3 Å². The minimum absolute atomic E-state index is 0.00738. The zero-order valence-electron chi connectivity index (χ0n) is 11.2. The van der Waals surface area contributed by atoms with Crippen molar-refractivity contribution >= 4 is 11.9 Å². The second-order valence-corrected chi connectivity index (χ2v) is 5.59. The van der Waals surface area contributed by atoms with E-state index >= 15 is 0 Å². The Morgan fingerprint density at radius 3 is 2.89 bits per heavy atom. The van der Waals surface area contributed by atoms with Crippen LogP contribution in [0.1, 0.15) is 39.0 Å². The highest BCUT2D eigenvalue weighted by Crippen LogP contribution is 2.33. The Kier molecular flexibility index (Phi) is 4.08. The molecule has 0 radical (unpaired) electrons. The summed E-state index contributed by atoms with van der Waals surface area (Å²) in [7, 11) is 0. The highest BCUT2D eigenvalue weighted by Gasteiger charge is 2.35. The number of carbonyl (C=O) groups is 2. The monoisotopic (exact) mass is 264 g/mol. The lowest BCUT2D eigenvalue weighted by Gasteiger charge is -2.18. The van der Waals surface area contributed by atoms with Crippen molar-refractivity contribution in [3.05, 3.63) is 23.8 Å². The van der Waals surface area contributed by atoms with Gasteiger partial charge in [0.15, 0.2) is 0 Å². The summed E-state index contributed by atoms with van der Waals surface area (Å²) in [6.45, 7) is 5.67. The van der Waals surface area contributed by atoms with E-state index in [0.29, 0.717) is 19.3 Å². The van der Waals surface area contributed by atoms with Crippen molar-refractivity contribution in [1.29, 1.82) is 0 Å². The van der Waals surface area contributed by atoms with Gasteiger partial charge in [-0.3, -0.25) is 4.79 Å². The molecule has 2 aliphatic rings. The largest absolute Gasteiger partial charge is 0.478 e. The van der Waals surface area contributed by atoms with Gasteiger partial charge in [0.05, 0.1) is 5.92 Å². The molecule has 4 heteroatoms. The first kappa shape index (κ1) is 13.8. The van der Waals surface area contributed by atoms with Gasteiger partial charge < -0.3 is 9.84 Å². The van der Waals surface area contributed by atoms with Crippen LogP contribution in [0.25, 0.3) is 0 Å². The Hall–Kier alpha value is -1.58. The van der Waals surface area contributed by atoms with Crippen LogP contribution in [0.5, 0.6) is 0 Å². The molecule has 19 heavy (non-hydrogen) atoms. The topological polar surface area (TPSA) is 63.6 Å². The fourth-order valence-corrected chi connectivity index (χ4v) is 2.88. The summed E-state index contributed by atoms with van der Waals surface area (Å²) < 4.78 is 5.35. The van der Waals surface area contributed by atoms with Gasteiger partial charge in [0.25, 0.3) is 0 Å². The first-order chi connectivity index (χ1) is 8.97. The summed E-state index contributed by atoms with van der Waals surface area (Å²) in [5, 5.41) is 9.06. The highest BCUT2D eigenvalue weighted by atomic mass is 16.5. The minimum Gasteiger partial charge on any atom is -0.478 e. The Bertz CT molecular complexity index is 435. The lowest BCUT2D eigenvalue weighted by atomic mass is 9.85. The van der Waals surface area contributed by atoms with Gasteiger partial charge in [-0.1, -0.05) is 18.2 Å². The highest BCUT2D eigenvalue weighted by molar-refractivity contribution is 5.86. The number of carboxylic acid groups (broad SMARTS) is 1. The van der Waals surface area contributed by atoms with Crippen LogP contribution < -0.4 is 0 Å². The van der Waals surface area contributed by atoms with Gasteiger partial charge in [0, 0.05) is 12.0 Å². The van der Waals surface area contributed by atoms with Crippen LogP contribution in [0.15, 0.2) is 23.8 Å². The molecule has 2 unspecified atom stereocenters. The average molecular weight is 264 g/mol. The molecule has 3 atom stereocenters. The number of rotatable bonds is 2. The van der Waals surface area contributed by atoms with E-state index < -0.39 is 5.97 Å². The van der Waals surface area contributed by atoms with Crippen molar-refractivity contribution < 1.29 is 19.4 Å². The quantitative estimate of drug-likeness (QED) is 0.473. The molecule has 1 N–H and O–H groups in total. The van der Waals surface area contributed by atoms with Gasteiger partial charge in [-0.15, -0.1) is 0 Å². The lowest BCUT2D eigenvalue weighted by Crippen LogP contribution is -2.15. The number of esters is 1. The molecule has 1 saturated heterocycles. The molecule has 1 heterocycles. The van der Waals surface area contributed by atoms with Crippen molar-refractivity contribution in [2.24, 2.45) is 11.8 Å². The van der Waals surface area contributed by atoms with Crippen LogP contribution in [0.4, 0.5) is 0 Å². The molecule has 1 fully saturated rings. The molecule has 2 bridgehead atoms. The number of ether oxygens (including phenoxy) is 1. The van der Waals surface area contributed by atoms with Crippen molar-refractivity contribution in [1.82, 2.24) is 0 Å². The summed E-state index contributed by atoms with van der Waals surface area (Å²) in [6.07, 6.45) is 5.65. The Labute approximate surface area is 113 Å². The molecular formula is C15H20O4. The summed E-state index contributed by atoms with van der Waals surface area (Å²) in [4.78, 5) is 22.8. The maximum Gasteiger partial charge on any atom is 0.331 e. The molecular weight excluding hydrogens is 244 g/mol. The molecule has 0 aromatic rings. The average Bonchev–Trinajstić information content (AvgIpc) is 2.67. The third-order valence-electron chi connectivity index (χ3n) is 4.10. The number of hydrogen-bond acceptors (Lipinski definition) is 3. The van der Waals surface area contributed by atoms with E-state index in [-0.39, 0.29) is 29.5 Å².